The maximum atomic E-state index is 12.8. The van der Waals surface area contributed by atoms with E-state index in [0.717, 1.165) is 109 Å². The molecule has 0 rings (SSSR count). The number of aliphatic carboxylic acids is 1. The minimum atomic E-state index is -0.881. The average Bonchev–Trinajstić information content (AvgIpc) is 3.31. The number of rotatable bonds is 48. The van der Waals surface area contributed by atoms with Gasteiger partial charge in [0.25, 0.3) is 0 Å². The van der Waals surface area contributed by atoms with Crippen LogP contribution in [0.2, 0.25) is 0 Å². The Morgan fingerprint density at radius 2 is 0.768 bits per heavy atom. The molecule has 0 spiro atoms. The van der Waals surface area contributed by atoms with Gasteiger partial charge in [-0.3, -0.25) is 9.59 Å². The number of carbonyl (C=O) groups excluding carboxylic acids is 2. The average molecular weight is 961 g/mol. The molecule has 8 nitrogen and oxygen atoms in total. The van der Waals surface area contributed by atoms with E-state index in [1.807, 2.05) is 21.1 Å². The summed E-state index contributed by atoms with van der Waals surface area (Å²) in [5.41, 5.74) is 0. The summed E-state index contributed by atoms with van der Waals surface area (Å²) in [4.78, 5) is 37.3. The minimum absolute atomic E-state index is 0.0486. The number of unbranched alkanes of at least 4 members (excludes halogenated alkanes) is 16. The summed E-state index contributed by atoms with van der Waals surface area (Å²) in [7, 11) is 5.53. The van der Waals surface area contributed by atoms with E-state index < -0.39 is 18.1 Å². The molecule has 0 saturated carbocycles. The van der Waals surface area contributed by atoms with E-state index in [2.05, 4.69) is 123 Å². The number of hydrogen-bond acceptors (Lipinski definition) is 6. The fourth-order valence-corrected chi connectivity index (χ4v) is 7.52. The van der Waals surface area contributed by atoms with Crippen LogP contribution in [0.5, 0.6) is 0 Å². The van der Waals surface area contributed by atoms with Crippen LogP contribution in [0.15, 0.2) is 109 Å². The molecule has 392 valence electrons. The lowest BCUT2D eigenvalue weighted by Gasteiger charge is -2.31. The van der Waals surface area contributed by atoms with Gasteiger partial charge in [0.15, 0.2) is 12.1 Å². The van der Waals surface area contributed by atoms with Gasteiger partial charge < -0.3 is 23.8 Å². The summed E-state index contributed by atoms with van der Waals surface area (Å²) in [5.74, 6) is -1.50. The van der Waals surface area contributed by atoms with E-state index in [9.17, 15) is 19.5 Å². The predicted octanol–water partition coefficient (Wildman–Crippen LogP) is 16.4. The summed E-state index contributed by atoms with van der Waals surface area (Å²) in [6, 6.07) is -0.625. The standard InChI is InChI=1S/C61H101NO7/c1-6-8-10-12-14-16-18-20-22-24-26-28-30-32-33-35-37-39-41-43-45-47-49-51-59(63)68-56-57(55-67-54-53-58(61(65)66)62(3,4)5)69-60(64)52-50-48-46-44-42-40-38-36-34-31-29-27-25-23-21-19-17-15-13-11-9-7-2/h8-11,14-17,20-23,26-29,32-33,57-58H,6-7,12-13,18-19,24-25,30-31,34-56H2,1-5H3/p+1/b10-8+,11-9+,16-14+,17-15+,22-20+,23-21+,28-26+,29-27+,33-32+. The Balaban J connectivity index is 4.26. The molecule has 0 aromatic heterocycles. The zero-order chi connectivity index (χ0) is 50.6. The molecule has 1 N–H and O–H groups in total. The molecule has 8 heteroatoms. The van der Waals surface area contributed by atoms with Gasteiger partial charge in [-0.1, -0.05) is 200 Å². The molecule has 0 aromatic rings. The van der Waals surface area contributed by atoms with Crippen molar-refractivity contribution >= 4 is 17.9 Å². The van der Waals surface area contributed by atoms with Gasteiger partial charge in [-0.05, 0) is 96.3 Å². The van der Waals surface area contributed by atoms with Crippen molar-refractivity contribution in [2.75, 3.05) is 41.0 Å². The number of allylic oxidation sites excluding steroid dienone is 18. The van der Waals surface area contributed by atoms with E-state index in [1.165, 1.54) is 64.2 Å². The van der Waals surface area contributed by atoms with Gasteiger partial charge in [-0.15, -0.1) is 0 Å². The Kier molecular flexibility index (Phi) is 47.5. The second-order valence-corrected chi connectivity index (χ2v) is 19.1. The molecule has 0 aliphatic carbocycles. The third kappa shape index (κ3) is 48.8. The highest BCUT2D eigenvalue weighted by molar-refractivity contribution is 5.72. The molecule has 69 heavy (non-hydrogen) atoms. The third-order valence-corrected chi connectivity index (χ3v) is 11.7. The molecule has 0 amide bonds. The number of hydrogen-bond donors (Lipinski definition) is 1. The van der Waals surface area contributed by atoms with Crippen LogP contribution in [0.25, 0.3) is 0 Å². The van der Waals surface area contributed by atoms with Gasteiger partial charge >= 0.3 is 17.9 Å². The Morgan fingerprint density at radius 3 is 1.13 bits per heavy atom. The number of quaternary nitrogens is 1. The van der Waals surface area contributed by atoms with Crippen LogP contribution in [0, 0.1) is 0 Å². The van der Waals surface area contributed by atoms with E-state index in [1.54, 1.807) is 0 Å². The Labute approximate surface area is 423 Å². The first-order valence-electron chi connectivity index (χ1n) is 27.4. The fraction of sp³-hybridized carbons (Fsp3) is 0.656. The minimum Gasteiger partial charge on any atom is -0.477 e. The monoisotopic (exact) mass is 961 g/mol. The molecule has 0 radical (unpaired) electrons. The first-order chi connectivity index (χ1) is 33.6. The lowest BCUT2D eigenvalue weighted by atomic mass is 10.1. The maximum Gasteiger partial charge on any atom is 0.362 e. The first-order valence-corrected chi connectivity index (χ1v) is 27.4. The topological polar surface area (TPSA) is 99.1 Å². The molecular weight excluding hydrogens is 859 g/mol. The van der Waals surface area contributed by atoms with Gasteiger partial charge in [0.2, 0.25) is 0 Å². The van der Waals surface area contributed by atoms with E-state index in [0.29, 0.717) is 19.3 Å². The van der Waals surface area contributed by atoms with E-state index in [-0.39, 0.29) is 36.2 Å². The quantitative estimate of drug-likeness (QED) is 0.0281. The second-order valence-electron chi connectivity index (χ2n) is 19.1. The Bertz CT molecular complexity index is 1490. The second kappa shape index (κ2) is 50.4. The molecule has 0 heterocycles. The molecule has 0 saturated heterocycles. The molecule has 2 atom stereocenters. The Hall–Kier alpha value is -4.01. The first kappa shape index (κ1) is 65.0. The van der Waals surface area contributed by atoms with Crippen molar-refractivity contribution in [3.63, 3.8) is 0 Å². The van der Waals surface area contributed by atoms with Crippen LogP contribution in [-0.2, 0) is 28.6 Å². The zero-order valence-corrected chi connectivity index (χ0v) is 44.7. The van der Waals surface area contributed by atoms with Gasteiger partial charge in [0, 0.05) is 19.3 Å². The molecular formula is C61H102NO7+. The molecule has 0 aliphatic rings. The van der Waals surface area contributed by atoms with Gasteiger partial charge in [-0.2, -0.15) is 0 Å². The van der Waals surface area contributed by atoms with Crippen molar-refractivity contribution in [3.05, 3.63) is 109 Å². The van der Waals surface area contributed by atoms with Crippen molar-refractivity contribution in [2.24, 2.45) is 0 Å². The van der Waals surface area contributed by atoms with Crippen molar-refractivity contribution in [2.45, 2.75) is 219 Å². The van der Waals surface area contributed by atoms with Gasteiger partial charge in [-0.25, -0.2) is 4.79 Å². The fourth-order valence-electron chi connectivity index (χ4n) is 7.52. The van der Waals surface area contributed by atoms with Crippen molar-refractivity contribution < 1.29 is 38.2 Å². The number of ether oxygens (including phenoxy) is 3. The largest absolute Gasteiger partial charge is 0.477 e. The smallest absolute Gasteiger partial charge is 0.362 e. The van der Waals surface area contributed by atoms with Crippen molar-refractivity contribution in [3.8, 4) is 0 Å². The van der Waals surface area contributed by atoms with Crippen LogP contribution >= 0.6 is 0 Å². The van der Waals surface area contributed by atoms with Crippen LogP contribution in [0.3, 0.4) is 0 Å². The number of carbonyl (C=O) groups is 3. The summed E-state index contributed by atoms with van der Waals surface area (Å²) >= 11 is 0. The summed E-state index contributed by atoms with van der Waals surface area (Å²) < 4.78 is 17.4. The number of nitrogens with zero attached hydrogens (tertiary/aromatic N) is 1. The molecule has 0 aromatic carbocycles. The van der Waals surface area contributed by atoms with E-state index in [4.69, 9.17) is 14.2 Å². The van der Waals surface area contributed by atoms with Crippen LogP contribution in [-0.4, -0.2) is 80.6 Å². The molecule has 0 fully saturated rings. The summed E-state index contributed by atoms with van der Waals surface area (Å²) in [5, 5.41) is 9.67. The lowest BCUT2D eigenvalue weighted by molar-refractivity contribution is -0.887. The van der Waals surface area contributed by atoms with Gasteiger partial charge in [0.05, 0.1) is 34.4 Å². The highest BCUT2D eigenvalue weighted by atomic mass is 16.6. The van der Waals surface area contributed by atoms with Crippen LogP contribution < -0.4 is 0 Å². The number of esters is 2. The highest BCUT2D eigenvalue weighted by Crippen LogP contribution is 2.15. The van der Waals surface area contributed by atoms with E-state index >= 15 is 0 Å². The number of carboxylic acid groups (broad SMARTS) is 1. The summed E-state index contributed by atoms with van der Waals surface area (Å²) in [6.45, 7) is 4.49. The van der Waals surface area contributed by atoms with Crippen molar-refractivity contribution in [1.82, 2.24) is 0 Å². The molecule has 0 bridgehead atoms. The van der Waals surface area contributed by atoms with Crippen LogP contribution in [0.4, 0.5) is 0 Å². The predicted molar refractivity (Wildman–Crippen MR) is 293 cm³/mol. The summed E-state index contributed by atoms with van der Waals surface area (Å²) in [6.07, 6.45) is 69.9. The van der Waals surface area contributed by atoms with Crippen molar-refractivity contribution in [1.29, 1.82) is 0 Å². The van der Waals surface area contributed by atoms with Gasteiger partial charge in [0.1, 0.15) is 6.61 Å². The number of carboxylic acids is 1. The highest BCUT2D eigenvalue weighted by Gasteiger charge is 2.31. The SMILES string of the molecule is CC/C=C/C/C=C/C/C=C/C/C=C/C/C=C/CCCCCCCCCC(=O)OCC(COCCC(C(=O)O)[N+](C)(C)C)OC(=O)CCCCCCCCCCC/C=C/C/C=C/C/C=C/C/C=C/CC. The Morgan fingerprint density at radius 1 is 0.435 bits per heavy atom. The lowest BCUT2D eigenvalue weighted by Crippen LogP contribution is -2.50. The van der Waals surface area contributed by atoms with Crippen LogP contribution in [0.1, 0.15) is 206 Å². The zero-order valence-electron chi connectivity index (χ0n) is 44.7. The molecule has 0 aliphatic heterocycles. The maximum absolute atomic E-state index is 12.8. The molecule has 2 unspecified atom stereocenters. The normalized spacial score (nSPS) is 13.7. The third-order valence-electron chi connectivity index (χ3n) is 11.7. The number of likely N-dealkylation sites (N-methyl/N-ethyl adjacent to an activating group) is 1.